The minimum absolute atomic E-state index is 0.0999. The van der Waals surface area contributed by atoms with Crippen LogP contribution < -0.4 is 15.4 Å². The van der Waals surface area contributed by atoms with Gasteiger partial charge >= 0.3 is 0 Å². The van der Waals surface area contributed by atoms with Gasteiger partial charge in [0.05, 0.1) is 29.7 Å². The minimum Gasteiger partial charge on any atom is -0.496 e. The molecular weight excluding hydrogens is 493 g/mol. The van der Waals surface area contributed by atoms with Gasteiger partial charge in [-0.3, -0.25) is 4.79 Å². The van der Waals surface area contributed by atoms with Crippen LogP contribution >= 0.6 is 11.3 Å². The molecule has 5 rings (SSSR count). The van der Waals surface area contributed by atoms with E-state index in [0.717, 1.165) is 45.9 Å². The highest BCUT2D eigenvalue weighted by molar-refractivity contribution is 7.18. The monoisotopic (exact) mass is 521 g/mol. The van der Waals surface area contributed by atoms with Crippen molar-refractivity contribution in [2.24, 2.45) is 5.73 Å². The van der Waals surface area contributed by atoms with Gasteiger partial charge in [0.1, 0.15) is 27.8 Å². The van der Waals surface area contributed by atoms with E-state index < -0.39 is 5.82 Å². The van der Waals surface area contributed by atoms with Crippen molar-refractivity contribution in [3.05, 3.63) is 64.7 Å². The first-order valence-electron chi connectivity index (χ1n) is 12.1. The Hall–Kier alpha value is -3.47. The van der Waals surface area contributed by atoms with Crippen molar-refractivity contribution in [3.63, 3.8) is 0 Å². The molecule has 4 aromatic rings. The Bertz CT molecular complexity index is 1440. The lowest BCUT2D eigenvalue weighted by atomic mass is 10.0. The van der Waals surface area contributed by atoms with Gasteiger partial charge in [0, 0.05) is 38.9 Å². The van der Waals surface area contributed by atoms with Crippen LogP contribution in [0.2, 0.25) is 0 Å². The molecule has 37 heavy (non-hydrogen) atoms. The van der Waals surface area contributed by atoms with Crippen molar-refractivity contribution in [3.8, 4) is 17.1 Å². The lowest BCUT2D eigenvalue weighted by molar-refractivity contribution is 0.0988. The Morgan fingerprint density at radius 1 is 1.22 bits per heavy atom. The van der Waals surface area contributed by atoms with Crippen LogP contribution in [-0.4, -0.2) is 54.1 Å². The Kier molecular flexibility index (Phi) is 7.40. The predicted molar refractivity (Wildman–Crippen MR) is 142 cm³/mol. The zero-order valence-electron chi connectivity index (χ0n) is 20.7. The average Bonchev–Trinajstić information content (AvgIpc) is 3.55. The molecule has 2 N–H and O–H groups in total. The number of aromatic nitrogens is 3. The number of benzene rings is 2. The molecule has 1 aliphatic heterocycles. The van der Waals surface area contributed by atoms with Crippen molar-refractivity contribution in [2.75, 3.05) is 32.2 Å². The second kappa shape index (κ2) is 10.9. The number of ketones is 1. The fraction of sp³-hybridized carbons (Fsp3) is 0.333. The number of hydrogen-bond acceptors (Lipinski definition) is 9. The average molecular weight is 522 g/mol. The molecule has 1 fully saturated rings. The van der Waals surface area contributed by atoms with Gasteiger partial charge in [0.15, 0.2) is 11.6 Å². The molecule has 8 nitrogen and oxygen atoms in total. The van der Waals surface area contributed by atoms with Crippen LogP contribution in [0.25, 0.3) is 21.6 Å². The van der Waals surface area contributed by atoms with Crippen LogP contribution in [-0.2, 0) is 17.8 Å². The van der Waals surface area contributed by atoms with Gasteiger partial charge < -0.3 is 20.1 Å². The maximum atomic E-state index is 14.6. The van der Waals surface area contributed by atoms with Crippen molar-refractivity contribution in [1.82, 2.24) is 15.0 Å². The molecule has 0 unspecified atom stereocenters. The molecule has 0 amide bonds. The number of hydrogen-bond donors (Lipinski definition) is 1. The van der Waals surface area contributed by atoms with Gasteiger partial charge in [0.25, 0.3) is 0 Å². The summed E-state index contributed by atoms with van der Waals surface area (Å²) in [5.74, 6) is -0.318. The van der Waals surface area contributed by atoms with E-state index in [4.69, 9.17) is 20.2 Å². The Morgan fingerprint density at radius 3 is 2.86 bits per heavy atom. The van der Waals surface area contributed by atoms with Gasteiger partial charge in [-0.1, -0.05) is 12.1 Å². The standard InChI is InChI=1S/C27H28FN5O3S/c1-35-15-23-32-25-22(37-23)9-8-16(26(25)33-12-4-5-17(33)14-29)13-20(34)19-10-11-30-27(31-19)24-18(28)6-3-7-21(24)36-2/h3,6-11,17H,4-5,12-15,29H2,1-2H3/t17-/m0/s1. The predicted octanol–water partition coefficient (Wildman–Crippen LogP) is 4.40. The summed E-state index contributed by atoms with van der Waals surface area (Å²) in [7, 11) is 3.10. The number of thiazole rings is 1. The largest absolute Gasteiger partial charge is 0.496 e. The van der Waals surface area contributed by atoms with E-state index in [-0.39, 0.29) is 35.3 Å². The molecular formula is C27H28FN5O3S. The van der Waals surface area contributed by atoms with E-state index >= 15 is 0 Å². The third-order valence-corrected chi connectivity index (χ3v) is 7.57. The molecule has 0 spiro atoms. The molecule has 0 saturated carbocycles. The summed E-state index contributed by atoms with van der Waals surface area (Å²) >= 11 is 1.59. The summed E-state index contributed by atoms with van der Waals surface area (Å²) in [5, 5.41) is 0.880. The molecule has 10 heteroatoms. The normalized spacial score (nSPS) is 15.5. The smallest absolute Gasteiger partial charge is 0.185 e. The van der Waals surface area contributed by atoms with Gasteiger partial charge in [0.2, 0.25) is 0 Å². The summed E-state index contributed by atoms with van der Waals surface area (Å²) in [4.78, 5) is 29.3. The van der Waals surface area contributed by atoms with Gasteiger partial charge in [-0.15, -0.1) is 11.3 Å². The lowest BCUT2D eigenvalue weighted by Crippen LogP contribution is -2.36. The number of carbonyl (C=O) groups excluding carboxylic acids is 1. The minimum atomic E-state index is -0.519. The number of Topliss-reactive ketones (excluding diaryl/α,β-unsaturated/α-hetero) is 1. The summed E-state index contributed by atoms with van der Waals surface area (Å²) in [5.41, 5.74) is 9.10. The molecule has 2 aromatic heterocycles. The third kappa shape index (κ3) is 4.92. The van der Waals surface area contributed by atoms with E-state index in [0.29, 0.717) is 18.9 Å². The van der Waals surface area contributed by atoms with Gasteiger partial charge in [-0.25, -0.2) is 19.3 Å². The molecule has 0 radical (unpaired) electrons. The molecule has 1 aliphatic rings. The van der Waals surface area contributed by atoms with E-state index in [1.54, 1.807) is 36.6 Å². The number of ether oxygens (including phenoxy) is 2. The van der Waals surface area contributed by atoms with Crippen LogP contribution in [0.15, 0.2) is 42.6 Å². The fourth-order valence-corrected chi connectivity index (χ4v) is 5.82. The molecule has 192 valence electrons. The topological polar surface area (TPSA) is 103 Å². The SMILES string of the molecule is COCc1nc2c(N3CCC[C@H]3CN)c(CC(=O)c3ccnc(-c4c(F)cccc4OC)n3)ccc2s1. The van der Waals surface area contributed by atoms with Crippen LogP contribution in [0.1, 0.15) is 33.9 Å². The lowest BCUT2D eigenvalue weighted by Gasteiger charge is -2.28. The maximum absolute atomic E-state index is 14.6. The van der Waals surface area contributed by atoms with E-state index in [1.165, 1.54) is 19.4 Å². The summed E-state index contributed by atoms with van der Waals surface area (Å²) in [6.45, 7) is 1.80. The number of methoxy groups -OCH3 is 2. The van der Waals surface area contributed by atoms with E-state index in [9.17, 15) is 9.18 Å². The third-order valence-electron chi connectivity index (χ3n) is 6.58. The first kappa shape index (κ1) is 25.2. The van der Waals surface area contributed by atoms with Crippen molar-refractivity contribution < 1.29 is 18.7 Å². The second-order valence-electron chi connectivity index (χ2n) is 8.87. The van der Waals surface area contributed by atoms with Crippen molar-refractivity contribution in [1.29, 1.82) is 0 Å². The van der Waals surface area contributed by atoms with Crippen LogP contribution in [0.4, 0.5) is 10.1 Å². The first-order chi connectivity index (χ1) is 18.0. The number of carbonyl (C=O) groups is 1. The van der Waals surface area contributed by atoms with E-state index in [2.05, 4.69) is 14.9 Å². The molecule has 0 bridgehead atoms. The quantitative estimate of drug-likeness (QED) is 0.323. The first-order valence-corrected chi connectivity index (χ1v) is 12.9. The number of fused-ring (bicyclic) bond motifs is 1. The molecule has 3 heterocycles. The Morgan fingerprint density at radius 2 is 2.08 bits per heavy atom. The van der Waals surface area contributed by atoms with Crippen LogP contribution in [0.5, 0.6) is 5.75 Å². The van der Waals surface area contributed by atoms with Crippen molar-refractivity contribution in [2.45, 2.75) is 31.9 Å². The number of rotatable bonds is 9. The van der Waals surface area contributed by atoms with Crippen LogP contribution in [0.3, 0.4) is 0 Å². The molecule has 0 aliphatic carbocycles. The maximum Gasteiger partial charge on any atom is 0.185 e. The number of nitrogens with two attached hydrogens (primary N) is 1. The zero-order valence-corrected chi connectivity index (χ0v) is 21.6. The summed E-state index contributed by atoms with van der Waals surface area (Å²) in [6.07, 6.45) is 3.60. The molecule has 1 atom stereocenters. The van der Waals surface area contributed by atoms with Crippen LogP contribution in [0, 0.1) is 5.82 Å². The zero-order chi connectivity index (χ0) is 25.9. The highest BCUT2D eigenvalue weighted by Crippen LogP contribution is 2.38. The highest BCUT2D eigenvalue weighted by Gasteiger charge is 2.29. The number of halogens is 1. The van der Waals surface area contributed by atoms with E-state index in [1.807, 2.05) is 12.1 Å². The Balaban J connectivity index is 1.53. The molecule has 1 saturated heterocycles. The molecule has 2 aromatic carbocycles. The summed E-state index contributed by atoms with van der Waals surface area (Å²) < 4.78 is 26.3. The van der Waals surface area contributed by atoms with Gasteiger partial charge in [-0.05, 0) is 42.7 Å². The number of nitrogens with zero attached hydrogens (tertiary/aromatic N) is 4. The Labute approximate surface area is 218 Å². The fourth-order valence-electron chi connectivity index (χ4n) is 4.88. The number of anilines is 1. The van der Waals surface area contributed by atoms with Gasteiger partial charge in [-0.2, -0.15) is 0 Å². The summed E-state index contributed by atoms with van der Waals surface area (Å²) in [6, 6.07) is 10.2. The second-order valence-corrected chi connectivity index (χ2v) is 9.98. The van der Waals surface area contributed by atoms with Crippen molar-refractivity contribution >= 4 is 33.0 Å². The highest BCUT2D eigenvalue weighted by atomic mass is 32.1.